The predicted octanol–water partition coefficient (Wildman–Crippen LogP) is 1.48. The van der Waals surface area contributed by atoms with Gasteiger partial charge in [-0.15, -0.1) is 0 Å². The average molecular weight is 381 g/mol. The number of primary amides is 1. The number of carbonyl (C=O) groups is 1. The molecule has 0 aliphatic rings. The van der Waals surface area contributed by atoms with Crippen LogP contribution in [0.3, 0.4) is 0 Å². The molecule has 3 N–H and O–H groups in total. The zero-order valence-corrected chi connectivity index (χ0v) is 14.9. The van der Waals surface area contributed by atoms with Crippen molar-refractivity contribution < 1.29 is 18.7 Å². The van der Waals surface area contributed by atoms with Gasteiger partial charge < -0.3 is 24.6 Å². The first kappa shape index (κ1) is 17.3. The van der Waals surface area contributed by atoms with Crippen molar-refractivity contribution >= 4 is 17.1 Å². The number of nitrogens with one attached hydrogen (secondary N) is 1. The van der Waals surface area contributed by atoms with Gasteiger partial charge in [-0.3, -0.25) is 4.79 Å². The number of methoxy groups -OCH3 is 2. The second-order valence-corrected chi connectivity index (χ2v) is 5.74. The largest absolute Gasteiger partial charge is 0.493 e. The average Bonchev–Trinajstić information content (AvgIpc) is 3.33. The van der Waals surface area contributed by atoms with Crippen LogP contribution in [-0.4, -0.2) is 39.6 Å². The van der Waals surface area contributed by atoms with Crippen LogP contribution >= 0.6 is 0 Å². The maximum absolute atomic E-state index is 12.7. The summed E-state index contributed by atoms with van der Waals surface area (Å²) in [5, 5.41) is 0. The number of aromatic nitrogens is 4. The summed E-state index contributed by atoms with van der Waals surface area (Å²) >= 11 is 0. The Morgan fingerprint density at radius 2 is 1.96 bits per heavy atom. The Bertz CT molecular complexity index is 1240. The molecule has 0 aliphatic carbocycles. The quantitative estimate of drug-likeness (QED) is 0.534. The smallest absolute Gasteiger partial charge is 0.332 e. The third-order valence-corrected chi connectivity index (χ3v) is 4.14. The van der Waals surface area contributed by atoms with Gasteiger partial charge in [0.25, 0.3) is 5.91 Å². The predicted molar refractivity (Wildman–Crippen MR) is 98.8 cm³/mol. The molecule has 0 bridgehead atoms. The van der Waals surface area contributed by atoms with Gasteiger partial charge in [0.05, 0.1) is 26.2 Å². The molecule has 142 valence electrons. The summed E-state index contributed by atoms with van der Waals surface area (Å²) in [7, 11) is 3.00. The summed E-state index contributed by atoms with van der Waals surface area (Å²) in [5.41, 5.74) is 5.57. The van der Waals surface area contributed by atoms with E-state index in [1.54, 1.807) is 30.3 Å². The van der Waals surface area contributed by atoms with E-state index in [2.05, 4.69) is 15.0 Å². The topological polar surface area (TPSA) is 138 Å². The molecular weight excluding hydrogens is 366 g/mol. The first-order chi connectivity index (χ1) is 13.5. The van der Waals surface area contributed by atoms with Crippen molar-refractivity contribution in [2.75, 3.05) is 14.2 Å². The molecule has 4 rings (SSSR count). The molecule has 0 unspecified atom stereocenters. The molecular formula is C18H15N5O5. The zero-order valence-electron chi connectivity index (χ0n) is 14.9. The normalized spacial score (nSPS) is 10.9. The molecule has 0 fully saturated rings. The number of furan rings is 1. The van der Waals surface area contributed by atoms with Gasteiger partial charge in [0.15, 0.2) is 34.4 Å². The molecule has 0 atom stereocenters. The Labute approximate surface area is 157 Å². The van der Waals surface area contributed by atoms with Gasteiger partial charge in [-0.1, -0.05) is 0 Å². The second kappa shape index (κ2) is 6.58. The van der Waals surface area contributed by atoms with E-state index in [0.717, 1.165) is 0 Å². The molecule has 28 heavy (non-hydrogen) atoms. The summed E-state index contributed by atoms with van der Waals surface area (Å²) in [6, 6.07) is 8.23. The molecule has 0 saturated heterocycles. The highest BCUT2D eigenvalue weighted by atomic mass is 16.5. The van der Waals surface area contributed by atoms with Crippen LogP contribution in [0.25, 0.3) is 28.4 Å². The van der Waals surface area contributed by atoms with E-state index in [1.165, 1.54) is 25.0 Å². The summed E-state index contributed by atoms with van der Waals surface area (Å²) in [6.07, 6.45) is 1.45. The summed E-state index contributed by atoms with van der Waals surface area (Å²) in [4.78, 5) is 35.7. The van der Waals surface area contributed by atoms with Crippen molar-refractivity contribution in [3.8, 4) is 28.8 Å². The highest BCUT2D eigenvalue weighted by Crippen LogP contribution is 2.30. The van der Waals surface area contributed by atoms with Crippen molar-refractivity contribution in [3.63, 3.8) is 0 Å². The van der Waals surface area contributed by atoms with Crippen LogP contribution in [0, 0.1) is 0 Å². The van der Waals surface area contributed by atoms with Crippen molar-refractivity contribution in [3.05, 3.63) is 52.8 Å². The van der Waals surface area contributed by atoms with E-state index in [1.807, 2.05) is 0 Å². The van der Waals surface area contributed by atoms with E-state index in [9.17, 15) is 9.59 Å². The number of amides is 1. The lowest BCUT2D eigenvalue weighted by molar-refractivity contribution is 0.0997. The van der Waals surface area contributed by atoms with Crippen LogP contribution < -0.4 is 20.9 Å². The molecule has 0 aliphatic heterocycles. The summed E-state index contributed by atoms with van der Waals surface area (Å²) in [5.74, 6) is 0.580. The number of benzene rings is 1. The number of carbonyl (C=O) groups excluding carboxylic acids is 1. The number of H-pyrrole nitrogens is 1. The Morgan fingerprint density at radius 3 is 2.61 bits per heavy atom. The number of rotatable bonds is 5. The molecule has 4 aromatic rings. The first-order valence-corrected chi connectivity index (χ1v) is 8.12. The van der Waals surface area contributed by atoms with Crippen LogP contribution in [0.2, 0.25) is 0 Å². The lowest BCUT2D eigenvalue weighted by Gasteiger charge is -2.10. The van der Waals surface area contributed by atoms with Gasteiger partial charge in [0.1, 0.15) is 5.52 Å². The standard InChI is InChI=1S/C18H15N5O5/c1-26-10-6-5-9(8-12(10)27-2)23-17-14(21-18(23)25)13(15(19)24)20-16(22-17)11-4-3-7-28-11/h3-8H,1-2H3,(H2,19,24)(H,21,25). The van der Waals surface area contributed by atoms with Crippen LogP contribution in [0.5, 0.6) is 11.5 Å². The van der Waals surface area contributed by atoms with Crippen LogP contribution in [0.4, 0.5) is 0 Å². The number of aromatic amines is 1. The SMILES string of the molecule is COc1ccc(-n2c(=O)[nH]c3c(C(N)=O)nc(-c4ccco4)nc32)cc1OC. The highest BCUT2D eigenvalue weighted by molar-refractivity contribution is 6.02. The number of hydrogen-bond acceptors (Lipinski definition) is 7. The molecule has 1 aromatic carbocycles. The van der Waals surface area contributed by atoms with Gasteiger partial charge in [-0.05, 0) is 24.3 Å². The molecule has 1 amide bonds. The Balaban J connectivity index is 2.03. The molecule has 10 heteroatoms. The monoisotopic (exact) mass is 381 g/mol. The Hall–Kier alpha value is -4.08. The van der Waals surface area contributed by atoms with E-state index < -0.39 is 11.6 Å². The fourth-order valence-corrected chi connectivity index (χ4v) is 2.88. The number of ether oxygens (including phenoxy) is 2. The number of fused-ring (bicyclic) bond motifs is 1. The fraction of sp³-hybridized carbons (Fsp3) is 0.111. The first-order valence-electron chi connectivity index (χ1n) is 8.12. The van der Waals surface area contributed by atoms with Crippen molar-refractivity contribution in [2.45, 2.75) is 0 Å². The number of imidazole rings is 1. The van der Waals surface area contributed by atoms with Crippen molar-refractivity contribution in [1.29, 1.82) is 0 Å². The lowest BCUT2D eigenvalue weighted by atomic mass is 10.2. The molecule has 0 spiro atoms. The van der Waals surface area contributed by atoms with E-state index in [4.69, 9.17) is 19.6 Å². The van der Waals surface area contributed by atoms with Crippen molar-refractivity contribution in [2.24, 2.45) is 5.73 Å². The zero-order chi connectivity index (χ0) is 19.8. The highest BCUT2D eigenvalue weighted by Gasteiger charge is 2.21. The fourth-order valence-electron chi connectivity index (χ4n) is 2.88. The second-order valence-electron chi connectivity index (χ2n) is 5.74. The van der Waals surface area contributed by atoms with E-state index in [0.29, 0.717) is 22.9 Å². The maximum Gasteiger partial charge on any atom is 0.332 e. The number of nitrogens with two attached hydrogens (primary N) is 1. The minimum atomic E-state index is -0.805. The van der Waals surface area contributed by atoms with Crippen LogP contribution in [0.15, 0.2) is 45.8 Å². The van der Waals surface area contributed by atoms with Gasteiger partial charge in [0.2, 0.25) is 0 Å². The van der Waals surface area contributed by atoms with Gasteiger partial charge in [-0.25, -0.2) is 19.3 Å². The molecule has 0 saturated carbocycles. The van der Waals surface area contributed by atoms with Crippen LogP contribution in [-0.2, 0) is 0 Å². The van der Waals surface area contributed by atoms with E-state index >= 15 is 0 Å². The van der Waals surface area contributed by atoms with E-state index in [-0.39, 0.29) is 22.7 Å². The Morgan fingerprint density at radius 1 is 1.18 bits per heavy atom. The minimum Gasteiger partial charge on any atom is -0.493 e. The van der Waals surface area contributed by atoms with Gasteiger partial charge in [-0.2, -0.15) is 0 Å². The molecule has 10 nitrogen and oxygen atoms in total. The molecule has 3 aromatic heterocycles. The van der Waals surface area contributed by atoms with Crippen molar-refractivity contribution in [1.82, 2.24) is 19.5 Å². The lowest BCUT2D eigenvalue weighted by Crippen LogP contribution is -2.15. The van der Waals surface area contributed by atoms with Crippen LogP contribution in [0.1, 0.15) is 10.5 Å². The van der Waals surface area contributed by atoms with Gasteiger partial charge >= 0.3 is 5.69 Å². The molecule has 3 heterocycles. The molecule has 0 radical (unpaired) electrons. The summed E-state index contributed by atoms with van der Waals surface area (Å²) in [6.45, 7) is 0. The number of hydrogen-bond donors (Lipinski definition) is 2. The summed E-state index contributed by atoms with van der Waals surface area (Å²) < 4.78 is 17.1. The maximum atomic E-state index is 12.7. The third kappa shape index (κ3) is 2.67. The Kier molecular flexibility index (Phi) is 4.07. The third-order valence-electron chi connectivity index (χ3n) is 4.14. The van der Waals surface area contributed by atoms with Gasteiger partial charge in [0, 0.05) is 6.07 Å². The number of nitrogens with zero attached hydrogens (tertiary/aromatic N) is 3. The minimum absolute atomic E-state index is 0.118.